The van der Waals surface area contributed by atoms with Gasteiger partial charge in [-0.3, -0.25) is 0 Å². The number of pyridine rings is 1. The molecule has 0 aliphatic carbocycles. The number of hydrogen-bond acceptors (Lipinski definition) is 3. The van der Waals surface area contributed by atoms with Crippen LogP contribution in [-0.4, -0.2) is 21.2 Å². The third-order valence-electron chi connectivity index (χ3n) is 2.31. The summed E-state index contributed by atoms with van der Waals surface area (Å²) in [7, 11) is 0. The summed E-state index contributed by atoms with van der Waals surface area (Å²) >= 11 is 0. The van der Waals surface area contributed by atoms with E-state index < -0.39 is 23.6 Å². The summed E-state index contributed by atoms with van der Waals surface area (Å²) in [6.45, 7) is 0. The molecule has 0 fully saturated rings. The summed E-state index contributed by atoms with van der Waals surface area (Å²) in [6.07, 6.45) is -4.62. The van der Waals surface area contributed by atoms with Crippen LogP contribution in [0.4, 0.5) is 13.2 Å². The number of hydrogen-bond donors (Lipinski definition) is 2. The van der Waals surface area contributed by atoms with Gasteiger partial charge < -0.3 is 10.2 Å². The number of carboxylic acid groups (broad SMARTS) is 1. The zero-order valence-electron chi connectivity index (χ0n) is 8.69. The first-order valence-electron chi connectivity index (χ1n) is 4.73. The molecular weight excluding hydrogens is 251 g/mol. The second-order valence-electron chi connectivity index (χ2n) is 3.57. The molecular formula is C11H6F3NO3. The van der Waals surface area contributed by atoms with Crippen LogP contribution in [0.5, 0.6) is 5.75 Å². The molecule has 0 unspecified atom stereocenters. The van der Waals surface area contributed by atoms with Gasteiger partial charge in [0.2, 0.25) is 0 Å². The van der Waals surface area contributed by atoms with Crippen molar-refractivity contribution in [3.8, 4) is 5.75 Å². The molecule has 0 bridgehead atoms. The highest BCUT2D eigenvalue weighted by atomic mass is 19.4. The zero-order chi connectivity index (χ0) is 13.5. The Hall–Kier alpha value is -2.31. The Morgan fingerprint density at radius 2 is 1.89 bits per heavy atom. The molecule has 18 heavy (non-hydrogen) atoms. The third-order valence-corrected chi connectivity index (χ3v) is 2.31. The van der Waals surface area contributed by atoms with Gasteiger partial charge >= 0.3 is 12.1 Å². The van der Waals surface area contributed by atoms with E-state index in [0.717, 1.165) is 24.3 Å². The highest BCUT2D eigenvalue weighted by Crippen LogP contribution is 2.32. The lowest BCUT2D eigenvalue weighted by Crippen LogP contribution is -2.07. The molecule has 0 saturated carbocycles. The van der Waals surface area contributed by atoms with Gasteiger partial charge in [-0.15, -0.1) is 0 Å². The molecule has 0 aliphatic rings. The first-order valence-corrected chi connectivity index (χ1v) is 4.73. The fourth-order valence-corrected chi connectivity index (χ4v) is 1.50. The van der Waals surface area contributed by atoms with Crippen molar-refractivity contribution in [2.24, 2.45) is 0 Å². The van der Waals surface area contributed by atoms with Gasteiger partial charge in [-0.05, 0) is 18.2 Å². The summed E-state index contributed by atoms with van der Waals surface area (Å²) in [5.41, 5.74) is -1.65. The fourth-order valence-electron chi connectivity index (χ4n) is 1.50. The van der Waals surface area contributed by atoms with Crippen molar-refractivity contribution in [2.45, 2.75) is 6.18 Å². The number of carbonyl (C=O) groups is 1. The number of fused-ring (bicyclic) bond motifs is 1. The Morgan fingerprint density at radius 1 is 1.22 bits per heavy atom. The van der Waals surface area contributed by atoms with Crippen LogP contribution in [-0.2, 0) is 6.18 Å². The molecule has 1 aromatic carbocycles. The lowest BCUT2D eigenvalue weighted by molar-refractivity contribution is -0.140. The van der Waals surface area contributed by atoms with Crippen molar-refractivity contribution in [2.75, 3.05) is 0 Å². The summed E-state index contributed by atoms with van der Waals surface area (Å²) in [4.78, 5) is 14.0. The second-order valence-corrected chi connectivity index (χ2v) is 3.57. The smallest absolute Gasteiger partial charge is 0.433 e. The fraction of sp³-hybridized carbons (Fsp3) is 0.0909. The number of carboxylic acids is 1. The highest BCUT2D eigenvalue weighted by molar-refractivity contribution is 5.95. The van der Waals surface area contributed by atoms with Gasteiger partial charge in [0.25, 0.3) is 0 Å². The number of aromatic carboxylic acids is 1. The van der Waals surface area contributed by atoms with Gasteiger partial charge in [0.1, 0.15) is 17.0 Å². The number of aromatic hydroxyl groups is 1. The minimum atomic E-state index is -4.62. The minimum absolute atomic E-state index is 0.125. The van der Waals surface area contributed by atoms with Gasteiger partial charge in [-0.2, -0.15) is 13.2 Å². The molecule has 1 aromatic heterocycles. The maximum absolute atomic E-state index is 12.4. The van der Waals surface area contributed by atoms with Crippen LogP contribution in [0.25, 0.3) is 10.9 Å². The SMILES string of the molecule is O=C(O)c1cc(O)c2nc(C(F)(F)F)ccc2c1. The van der Waals surface area contributed by atoms with Gasteiger partial charge in [-0.1, -0.05) is 6.07 Å². The van der Waals surface area contributed by atoms with E-state index in [1.807, 2.05) is 0 Å². The molecule has 94 valence electrons. The molecule has 0 atom stereocenters. The van der Waals surface area contributed by atoms with Crippen LogP contribution in [0, 0.1) is 0 Å². The molecule has 0 radical (unpaired) electrons. The molecule has 2 N–H and O–H groups in total. The van der Waals surface area contributed by atoms with E-state index in [2.05, 4.69) is 4.98 Å². The number of nitrogens with zero attached hydrogens (tertiary/aromatic N) is 1. The maximum atomic E-state index is 12.4. The second kappa shape index (κ2) is 3.86. The van der Waals surface area contributed by atoms with Crippen molar-refractivity contribution < 1.29 is 28.2 Å². The normalized spacial score (nSPS) is 11.7. The van der Waals surface area contributed by atoms with Crippen LogP contribution in [0.1, 0.15) is 16.1 Å². The van der Waals surface area contributed by atoms with Crippen LogP contribution in [0.15, 0.2) is 24.3 Å². The molecule has 0 aliphatic heterocycles. The Balaban J connectivity index is 2.69. The Morgan fingerprint density at radius 3 is 2.44 bits per heavy atom. The van der Waals surface area contributed by atoms with E-state index in [0.29, 0.717) is 0 Å². The van der Waals surface area contributed by atoms with Crippen molar-refractivity contribution in [3.05, 3.63) is 35.5 Å². The molecule has 0 amide bonds. The molecule has 0 saturated heterocycles. The Kier molecular flexibility index (Phi) is 2.61. The van der Waals surface area contributed by atoms with E-state index >= 15 is 0 Å². The highest BCUT2D eigenvalue weighted by Gasteiger charge is 2.32. The number of phenols is 1. The lowest BCUT2D eigenvalue weighted by Gasteiger charge is -2.08. The zero-order valence-corrected chi connectivity index (χ0v) is 8.69. The van der Waals surface area contributed by atoms with Crippen LogP contribution >= 0.6 is 0 Å². The van der Waals surface area contributed by atoms with Crippen LogP contribution in [0.3, 0.4) is 0 Å². The van der Waals surface area contributed by atoms with Gasteiger partial charge in [0, 0.05) is 5.39 Å². The van der Waals surface area contributed by atoms with Crippen molar-refractivity contribution in [3.63, 3.8) is 0 Å². The molecule has 4 nitrogen and oxygen atoms in total. The topological polar surface area (TPSA) is 70.4 Å². The van der Waals surface area contributed by atoms with E-state index in [-0.39, 0.29) is 16.5 Å². The Labute approximate surface area is 98.3 Å². The standard InChI is InChI=1S/C11H6F3NO3/c12-11(13,14)8-2-1-5-3-6(10(17)18)4-7(16)9(5)15-8/h1-4,16H,(H,17,18). The van der Waals surface area contributed by atoms with Crippen molar-refractivity contribution in [1.29, 1.82) is 0 Å². The van der Waals surface area contributed by atoms with E-state index in [9.17, 15) is 23.1 Å². The third kappa shape index (κ3) is 2.06. The number of phenolic OH excluding ortho intramolecular Hbond substituents is 1. The van der Waals surface area contributed by atoms with E-state index in [4.69, 9.17) is 5.11 Å². The first-order chi connectivity index (χ1) is 8.29. The van der Waals surface area contributed by atoms with Gasteiger partial charge in [0.15, 0.2) is 0 Å². The summed E-state index contributed by atoms with van der Waals surface area (Å²) < 4.78 is 37.3. The predicted molar refractivity (Wildman–Crippen MR) is 55.4 cm³/mol. The van der Waals surface area contributed by atoms with E-state index in [1.165, 1.54) is 0 Å². The number of benzene rings is 1. The quantitative estimate of drug-likeness (QED) is 0.823. The molecule has 7 heteroatoms. The summed E-state index contributed by atoms with van der Waals surface area (Å²) in [5.74, 6) is -1.89. The number of aromatic nitrogens is 1. The molecule has 0 spiro atoms. The molecule has 2 aromatic rings. The number of alkyl halides is 3. The maximum Gasteiger partial charge on any atom is 0.433 e. The van der Waals surface area contributed by atoms with Crippen LogP contribution < -0.4 is 0 Å². The predicted octanol–water partition coefficient (Wildman–Crippen LogP) is 2.66. The summed E-state index contributed by atoms with van der Waals surface area (Å²) in [5, 5.41) is 18.4. The monoisotopic (exact) mass is 257 g/mol. The van der Waals surface area contributed by atoms with Crippen LogP contribution in [0.2, 0.25) is 0 Å². The first kappa shape index (κ1) is 12.2. The molecule has 1 heterocycles. The van der Waals surface area contributed by atoms with Gasteiger partial charge in [0.05, 0.1) is 5.56 Å². The summed E-state index contributed by atoms with van der Waals surface area (Å²) in [6, 6.07) is 3.80. The van der Waals surface area contributed by atoms with Gasteiger partial charge in [-0.25, -0.2) is 9.78 Å². The number of halogens is 3. The number of rotatable bonds is 1. The van der Waals surface area contributed by atoms with Crippen molar-refractivity contribution in [1.82, 2.24) is 4.98 Å². The largest absolute Gasteiger partial charge is 0.506 e. The lowest BCUT2D eigenvalue weighted by atomic mass is 10.1. The molecule has 2 rings (SSSR count). The average Bonchev–Trinajstić information content (AvgIpc) is 2.27. The minimum Gasteiger partial charge on any atom is -0.506 e. The van der Waals surface area contributed by atoms with Crippen molar-refractivity contribution >= 4 is 16.9 Å². The van der Waals surface area contributed by atoms with E-state index in [1.54, 1.807) is 0 Å². The Bertz CT molecular complexity index is 637. The average molecular weight is 257 g/mol.